The maximum Gasteiger partial charge on any atom is 0.234 e. The number of para-hydroxylation sites is 4. The van der Waals surface area contributed by atoms with Crippen LogP contribution in [0.4, 0.5) is 0 Å². The zero-order valence-corrected chi connectivity index (χ0v) is 32.8. The van der Waals surface area contributed by atoms with E-state index in [1.54, 1.807) is 0 Å². The van der Waals surface area contributed by atoms with Gasteiger partial charge in [-0.25, -0.2) is 4.99 Å². The predicted octanol–water partition coefficient (Wildman–Crippen LogP) is 13.6. The summed E-state index contributed by atoms with van der Waals surface area (Å²) in [4.78, 5) is 10.9. The molecule has 0 spiro atoms. The van der Waals surface area contributed by atoms with E-state index >= 15 is 0 Å². The summed E-state index contributed by atoms with van der Waals surface area (Å²) in [6.07, 6.45) is -0.429. The van der Waals surface area contributed by atoms with Crippen LogP contribution in [-0.4, -0.2) is 20.9 Å². The van der Waals surface area contributed by atoms with E-state index in [0.29, 0.717) is 11.8 Å². The van der Waals surface area contributed by atoms with E-state index in [9.17, 15) is 0 Å². The number of nitrogens with zero attached hydrogens (tertiary/aromatic N) is 4. The maximum atomic E-state index is 6.77. The molecule has 4 heterocycles. The first kappa shape index (κ1) is 33.7. The Bertz CT molecular complexity index is 3740. The molecule has 286 valence electrons. The van der Waals surface area contributed by atoms with Gasteiger partial charge in [-0.1, -0.05) is 152 Å². The van der Waals surface area contributed by atoms with Gasteiger partial charge in [0.1, 0.15) is 23.2 Å². The summed E-state index contributed by atoms with van der Waals surface area (Å²) in [6.45, 7) is 0. The molecule has 6 heteroatoms. The van der Waals surface area contributed by atoms with Gasteiger partial charge in [-0.05, 0) is 76.0 Å². The molecule has 1 atom stereocenters. The number of aliphatic imine (C=N–C) groups is 2. The van der Waals surface area contributed by atoms with Gasteiger partial charge in [0.15, 0.2) is 0 Å². The van der Waals surface area contributed by atoms with Crippen LogP contribution in [0.5, 0.6) is 0 Å². The van der Waals surface area contributed by atoms with Gasteiger partial charge in [0.25, 0.3) is 0 Å². The van der Waals surface area contributed by atoms with Crippen molar-refractivity contribution in [2.24, 2.45) is 9.98 Å². The van der Waals surface area contributed by atoms with Gasteiger partial charge in [-0.2, -0.15) is 4.99 Å². The lowest BCUT2D eigenvalue weighted by Gasteiger charge is -2.25. The van der Waals surface area contributed by atoms with E-state index in [1.165, 1.54) is 27.1 Å². The van der Waals surface area contributed by atoms with Crippen molar-refractivity contribution >= 4 is 88.1 Å². The zero-order valence-electron chi connectivity index (χ0n) is 32.8. The maximum absolute atomic E-state index is 6.77. The molecule has 0 amide bonds. The van der Waals surface area contributed by atoms with Gasteiger partial charge >= 0.3 is 0 Å². The third-order valence-electron chi connectivity index (χ3n) is 12.4. The van der Waals surface area contributed by atoms with Crippen LogP contribution in [0.1, 0.15) is 17.3 Å². The summed E-state index contributed by atoms with van der Waals surface area (Å²) in [7, 11) is 0. The molecule has 3 aromatic heterocycles. The molecule has 6 nitrogen and oxygen atoms in total. The topological polar surface area (TPSA) is 59.8 Å². The molecule has 12 aromatic rings. The third-order valence-corrected chi connectivity index (χ3v) is 12.4. The molecule has 0 fully saturated rings. The van der Waals surface area contributed by atoms with Crippen molar-refractivity contribution in [3.05, 3.63) is 211 Å². The highest BCUT2D eigenvalue weighted by atomic mass is 16.3. The molecule has 1 aliphatic rings. The second kappa shape index (κ2) is 13.1. The molecular formula is C55H35N5O. The van der Waals surface area contributed by atoms with Gasteiger partial charge in [-0.3, -0.25) is 4.57 Å². The summed E-state index contributed by atoms with van der Waals surface area (Å²) >= 11 is 0. The standard InChI is InChI=1S/C55H35N5O/c1-2-14-34(15-3-1)35-26-28-36(29-27-35)53-56-54(58-55(57-53)60-46-23-11-6-18-40(46)41-19-7-12-24-47(41)60)39-32-49(52-43-21-9-13-25-50(43)61-51(52)33-39)59-45-22-10-8-20-42(45)44-30-37-16-4-5-17-38(37)31-48(44)59/h1-33,53H,(H,56,57,58). The van der Waals surface area contributed by atoms with Crippen LogP contribution < -0.4 is 5.32 Å². The number of aromatic nitrogens is 2. The van der Waals surface area contributed by atoms with Gasteiger partial charge in [0, 0.05) is 32.5 Å². The van der Waals surface area contributed by atoms with E-state index in [-0.39, 0.29) is 0 Å². The highest BCUT2D eigenvalue weighted by molar-refractivity contribution is 6.20. The van der Waals surface area contributed by atoms with Crippen LogP contribution in [0.15, 0.2) is 215 Å². The quantitative estimate of drug-likeness (QED) is 0.193. The lowest BCUT2D eigenvalue weighted by Crippen LogP contribution is -2.35. The van der Waals surface area contributed by atoms with Gasteiger partial charge < -0.3 is 14.3 Å². The fourth-order valence-electron chi connectivity index (χ4n) is 9.54. The van der Waals surface area contributed by atoms with Crippen molar-refractivity contribution in [3.63, 3.8) is 0 Å². The van der Waals surface area contributed by atoms with Crippen LogP contribution in [-0.2, 0) is 0 Å². The molecule has 1 aliphatic heterocycles. The molecule has 13 rings (SSSR count). The monoisotopic (exact) mass is 781 g/mol. The second-order valence-electron chi connectivity index (χ2n) is 15.8. The number of furan rings is 1. The Kier molecular flexibility index (Phi) is 7.27. The normalized spacial score (nSPS) is 14.4. The molecular weight excluding hydrogens is 747 g/mol. The van der Waals surface area contributed by atoms with Gasteiger partial charge in [0.05, 0.1) is 33.1 Å². The summed E-state index contributed by atoms with van der Waals surface area (Å²) in [5.74, 6) is 1.32. The fraction of sp³-hybridized carbons (Fsp3) is 0.0182. The van der Waals surface area contributed by atoms with Gasteiger partial charge in [-0.15, -0.1) is 0 Å². The Labute approximate surface area is 349 Å². The van der Waals surface area contributed by atoms with E-state index in [1.807, 2.05) is 12.1 Å². The van der Waals surface area contributed by atoms with Crippen LogP contribution in [0.2, 0.25) is 0 Å². The van der Waals surface area contributed by atoms with Crippen molar-refractivity contribution in [1.29, 1.82) is 0 Å². The summed E-state index contributed by atoms with van der Waals surface area (Å²) in [5, 5.41) is 13.0. The average Bonchev–Trinajstić information content (AvgIpc) is 3.98. The summed E-state index contributed by atoms with van der Waals surface area (Å²) < 4.78 is 11.4. The second-order valence-corrected chi connectivity index (χ2v) is 15.8. The molecule has 0 radical (unpaired) electrons. The molecule has 9 aromatic carbocycles. The van der Waals surface area contributed by atoms with Crippen LogP contribution >= 0.6 is 0 Å². The van der Waals surface area contributed by atoms with Crippen LogP contribution in [0.3, 0.4) is 0 Å². The number of amidine groups is 1. The number of hydrogen-bond acceptors (Lipinski definition) is 4. The van der Waals surface area contributed by atoms with E-state index < -0.39 is 6.17 Å². The van der Waals surface area contributed by atoms with Crippen LogP contribution in [0.25, 0.3) is 93.1 Å². The highest BCUT2D eigenvalue weighted by Gasteiger charge is 2.26. The largest absolute Gasteiger partial charge is 0.456 e. The number of nitrogens with one attached hydrogen (secondary N) is 1. The number of rotatable bonds is 4. The molecule has 1 unspecified atom stereocenters. The first-order valence-electron chi connectivity index (χ1n) is 20.7. The first-order chi connectivity index (χ1) is 30.2. The van der Waals surface area contributed by atoms with Crippen molar-refractivity contribution in [1.82, 2.24) is 14.5 Å². The smallest absolute Gasteiger partial charge is 0.234 e. The minimum atomic E-state index is -0.429. The molecule has 1 N–H and O–H groups in total. The van der Waals surface area contributed by atoms with E-state index in [2.05, 4.69) is 203 Å². The third kappa shape index (κ3) is 5.22. The Morgan fingerprint density at radius 1 is 0.426 bits per heavy atom. The average molecular weight is 782 g/mol. The molecule has 0 saturated heterocycles. The minimum Gasteiger partial charge on any atom is -0.456 e. The SMILES string of the molecule is c1ccc(-c2ccc(C3N=C(n4c5ccccc5c5ccccc54)N=C(c4cc(-n5c6ccccc6c6cc7ccccc7cc65)c5c(c4)oc4ccccc45)N3)cc2)cc1. The van der Waals surface area contributed by atoms with E-state index in [4.69, 9.17) is 14.4 Å². The molecule has 0 saturated carbocycles. The lowest BCUT2D eigenvalue weighted by atomic mass is 10.0. The Hall–Kier alpha value is -8.22. The van der Waals surface area contributed by atoms with Crippen LogP contribution in [0, 0.1) is 0 Å². The number of fused-ring (bicyclic) bond motifs is 10. The minimum absolute atomic E-state index is 0.429. The number of hydrogen-bond donors (Lipinski definition) is 1. The molecule has 0 bridgehead atoms. The Balaban J connectivity index is 1.07. The van der Waals surface area contributed by atoms with E-state index in [0.717, 1.165) is 77.2 Å². The van der Waals surface area contributed by atoms with Crippen molar-refractivity contribution in [2.45, 2.75) is 6.17 Å². The van der Waals surface area contributed by atoms with Gasteiger partial charge in [0.2, 0.25) is 5.96 Å². The van der Waals surface area contributed by atoms with Crippen molar-refractivity contribution in [2.75, 3.05) is 0 Å². The summed E-state index contributed by atoms with van der Waals surface area (Å²) in [6, 6.07) is 70.9. The lowest BCUT2D eigenvalue weighted by molar-refractivity contribution is 0.664. The Morgan fingerprint density at radius 2 is 1.00 bits per heavy atom. The first-order valence-corrected chi connectivity index (χ1v) is 20.7. The predicted molar refractivity (Wildman–Crippen MR) is 252 cm³/mol. The Morgan fingerprint density at radius 3 is 1.72 bits per heavy atom. The number of benzene rings is 9. The molecule has 61 heavy (non-hydrogen) atoms. The highest BCUT2D eigenvalue weighted by Crippen LogP contribution is 2.41. The van der Waals surface area contributed by atoms with Crippen molar-refractivity contribution < 1.29 is 4.42 Å². The molecule has 0 aliphatic carbocycles. The summed E-state index contributed by atoms with van der Waals surface area (Å²) in [5.41, 5.74) is 11.3. The zero-order chi connectivity index (χ0) is 40.0. The fourth-order valence-corrected chi connectivity index (χ4v) is 9.54. The van der Waals surface area contributed by atoms with Crippen molar-refractivity contribution in [3.8, 4) is 16.8 Å².